The second-order valence-corrected chi connectivity index (χ2v) is 6.41. The fourth-order valence-electron chi connectivity index (χ4n) is 3.72. The summed E-state index contributed by atoms with van der Waals surface area (Å²) < 4.78 is 4.91. The third kappa shape index (κ3) is 2.48. The molecule has 2 aromatic heterocycles. The fraction of sp³-hybridized carbons (Fsp3) is 0.389. The summed E-state index contributed by atoms with van der Waals surface area (Å²) in [5, 5.41) is 5.03. The monoisotopic (exact) mass is 324 g/mol. The predicted molar refractivity (Wildman–Crippen MR) is 89.9 cm³/mol. The Morgan fingerprint density at radius 2 is 2.00 bits per heavy atom. The van der Waals surface area contributed by atoms with E-state index in [1.165, 1.54) is 22.2 Å². The van der Waals surface area contributed by atoms with Crippen molar-refractivity contribution in [2.45, 2.75) is 32.6 Å². The Morgan fingerprint density at radius 3 is 2.71 bits per heavy atom. The van der Waals surface area contributed by atoms with Gasteiger partial charge in [0.1, 0.15) is 0 Å². The number of carbonyl (C=O) groups is 1. The number of para-hydroxylation sites is 1. The number of H-pyrrole nitrogens is 1. The van der Waals surface area contributed by atoms with E-state index in [9.17, 15) is 4.79 Å². The number of amides is 1. The molecule has 0 spiro atoms. The van der Waals surface area contributed by atoms with Crippen molar-refractivity contribution in [2.75, 3.05) is 13.1 Å². The first kappa shape index (κ1) is 14.9. The van der Waals surface area contributed by atoms with E-state index >= 15 is 0 Å². The fourth-order valence-corrected chi connectivity index (χ4v) is 3.72. The molecule has 3 aromatic rings. The Kier molecular flexibility index (Phi) is 3.59. The molecule has 0 aliphatic carbocycles. The lowest BCUT2D eigenvalue weighted by molar-refractivity contribution is 0.0697. The molecule has 0 radical (unpaired) electrons. The molecule has 1 aromatic carbocycles. The minimum atomic E-state index is -0.138. The van der Waals surface area contributed by atoms with Crippen LogP contribution in [0.5, 0.6) is 0 Å². The summed E-state index contributed by atoms with van der Waals surface area (Å²) >= 11 is 0. The van der Waals surface area contributed by atoms with Gasteiger partial charge in [-0.1, -0.05) is 23.4 Å². The number of rotatable bonds is 2. The van der Waals surface area contributed by atoms with Crippen LogP contribution in [0.1, 0.15) is 46.5 Å². The van der Waals surface area contributed by atoms with Crippen molar-refractivity contribution in [3.05, 3.63) is 47.2 Å². The molecular formula is C18H20N4O2. The summed E-state index contributed by atoms with van der Waals surface area (Å²) in [7, 11) is 0. The van der Waals surface area contributed by atoms with E-state index < -0.39 is 0 Å². The Bertz CT molecular complexity index is 887. The van der Waals surface area contributed by atoms with Crippen LogP contribution in [-0.4, -0.2) is 39.0 Å². The second-order valence-electron chi connectivity index (χ2n) is 6.41. The highest BCUT2D eigenvalue weighted by molar-refractivity contribution is 5.90. The molecule has 1 aliphatic rings. The van der Waals surface area contributed by atoms with Crippen molar-refractivity contribution in [3.8, 4) is 0 Å². The number of hydrogen-bond donors (Lipinski definition) is 1. The van der Waals surface area contributed by atoms with E-state index in [-0.39, 0.29) is 11.7 Å². The topological polar surface area (TPSA) is 75.0 Å². The maximum absolute atomic E-state index is 12.4. The summed E-state index contributed by atoms with van der Waals surface area (Å²) in [5.41, 5.74) is 3.81. The lowest BCUT2D eigenvalue weighted by atomic mass is 9.87. The molecule has 0 saturated carbocycles. The van der Waals surface area contributed by atoms with Crippen LogP contribution >= 0.6 is 0 Å². The van der Waals surface area contributed by atoms with Crippen LogP contribution in [0.4, 0.5) is 0 Å². The van der Waals surface area contributed by atoms with Gasteiger partial charge in [-0.05, 0) is 37.3 Å². The zero-order valence-corrected chi connectivity index (χ0v) is 13.9. The van der Waals surface area contributed by atoms with Crippen LogP contribution in [0.25, 0.3) is 10.9 Å². The van der Waals surface area contributed by atoms with Crippen LogP contribution in [0.3, 0.4) is 0 Å². The van der Waals surface area contributed by atoms with Crippen molar-refractivity contribution < 1.29 is 9.32 Å². The first-order valence-electron chi connectivity index (χ1n) is 8.30. The number of hydrogen-bond acceptors (Lipinski definition) is 4. The normalized spacial score (nSPS) is 16.0. The average molecular weight is 324 g/mol. The van der Waals surface area contributed by atoms with Gasteiger partial charge in [0.2, 0.25) is 5.89 Å². The van der Waals surface area contributed by atoms with Crippen LogP contribution in [0.2, 0.25) is 0 Å². The van der Waals surface area contributed by atoms with Gasteiger partial charge in [0.15, 0.2) is 0 Å². The molecule has 0 unspecified atom stereocenters. The van der Waals surface area contributed by atoms with Crippen LogP contribution in [0, 0.1) is 13.8 Å². The highest BCUT2D eigenvalue weighted by atomic mass is 16.5. The minimum Gasteiger partial charge on any atom is -0.358 e. The lowest BCUT2D eigenvalue weighted by Crippen LogP contribution is -2.38. The molecule has 1 aliphatic heterocycles. The number of aryl methyl sites for hydroxylation is 2. The second kappa shape index (κ2) is 5.78. The molecule has 0 atom stereocenters. The maximum Gasteiger partial charge on any atom is 0.295 e. The predicted octanol–water partition coefficient (Wildman–Crippen LogP) is 3.19. The van der Waals surface area contributed by atoms with E-state index in [4.69, 9.17) is 4.52 Å². The quantitative estimate of drug-likeness (QED) is 0.785. The molecule has 6 heteroatoms. The number of fused-ring (bicyclic) bond motifs is 1. The number of aromatic nitrogens is 3. The van der Waals surface area contributed by atoms with Crippen LogP contribution in [0.15, 0.2) is 28.8 Å². The largest absolute Gasteiger partial charge is 0.358 e. The van der Waals surface area contributed by atoms with Crippen LogP contribution in [-0.2, 0) is 0 Å². The van der Waals surface area contributed by atoms with E-state index in [2.05, 4.69) is 46.3 Å². The Hall–Kier alpha value is -2.63. The molecule has 3 heterocycles. The zero-order chi connectivity index (χ0) is 16.7. The van der Waals surface area contributed by atoms with Crippen molar-refractivity contribution in [1.82, 2.24) is 20.0 Å². The van der Waals surface area contributed by atoms with Crippen molar-refractivity contribution in [2.24, 2.45) is 0 Å². The number of nitrogens with zero attached hydrogens (tertiary/aromatic N) is 3. The summed E-state index contributed by atoms with van der Waals surface area (Å²) in [4.78, 5) is 21.8. The summed E-state index contributed by atoms with van der Waals surface area (Å²) in [6, 6.07) is 8.42. The first-order chi connectivity index (χ1) is 11.6. The molecule has 24 heavy (non-hydrogen) atoms. The van der Waals surface area contributed by atoms with E-state index in [0.717, 1.165) is 25.9 Å². The Balaban J connectivity index is 1.51. The van der Waals surface area contributed by atoms with Crippen molar-refractivity contribution in [1.29, 1.82) is 0 Å². The Morgan fingerprint density at radius 1 is 1.25 bits per heavy atom. The van der Waals surface area contributed by atoms with Gasteiger partial charge in [-0.3, -0.25) is 4.79 Å². The van der Waals surface area contributed by atoms with Gasteiger partial charge >= 0.3 is 0 Å². The summed E-state index contributed by atoms with van der Waals surface area (Å²) in [5.74, 6) is 0.912. The highest BCUT2D eigenvalue weighted by Crippen LogP contribution is 2.35. The number of benzene rings is 1. The number of carbonyl (C=O) groups excluding carboxylic acids is 1. The van der Waals surface area contributed by atoms with Gasteiger partial charge < -0.3 is 14.4 Å². The number of piperidine rings is 1. The van der Waals surface area contributed by atoms with Crippen molar-refractivity contribution >= 4 is 16.8 Å². The maximum atomic E-state index is 12.4. The molecule has 4 rings (SSSR count). The molecule has 124 valence electrons. The molecule has 1 amide bonds. The SMILES string of the molecule is Cc1nc(C(=O)N2CCC(c3c(C)[nH]c4ccccc34)CC2)no1. The van der Waals surface area contributed by atoms with E-state index in [1.54, 1.807) is 6.92 Å². The smallest absolute Gasteiger partial charge is 0.295 e. The standard InChI is InChI=1S/C18H20N4O2/c1-11-16(14-5-3-4-6-15(14)19-11)13-7-9-22(10-8-13)18(23)17-20-12(2)24-21-17/h3-6,13,19H,7-10H2,1-2H3. The number of nitrogens with one attached hydrogen (secondary N) is 1. The first-order valence-corrected chi connectivity index (χ1v) is 8.30. The Labute approximate surface area is 139 Å². The average Bonchev–Trinajstić information content (AvgIpc) is 3.17. The summed E-state index contributed by atoms with van der Waals surface area (Å²) in [6.07, 6.45) is 1.90. The minimum absolute atomic E-state index is 0.138. The molecule has 1 N–H and O–H groups in total. The van der Waals surface area contributed by atoms with Gasteiger partial charge in [-0.2, -0.15) is 4.98 Å². The van der Waals surface area contributed by atoms with Gasteiger partial charge in [0.25, 0.3) is 11.7 Å². The zero-order valence-electron chi connectivity index (χ0n) is 13.9. The molecular weight excluding hydrogens is 304 g/mol. The third-order valence-electron chi connectivity index (χ3n) is 4.85. The number of aromatic amines is 1. The van der Waals surface area contributed by atoms with Gasteiger partial charge in [0, 0.05) is 36.6 Å². The highest BCUT2D eigenvalue weighted by Gasteiger charge is 2.29. The molecule has 6 nitrogen and oxygen atoms in total. The van der Waals surface area contributed by atoms with Crippen LogP contribution < -0.4 is 0 Å². The van der Waals surface area contributed by atoms with E-state index in [0.29, 0.717) is 11.8 Å². The summed E-state index contributed by atoms with van der Waals surface area (Å²) in [6.45, 7) is 5.26. The molecule has 0 bridgehead atoms. The number of likely N-dealkylation sites (tertiary alicyclic amines) is 1. The lowest BCUT2D eigenvalue weighted by Gasteiger charge is -2.31. The van der Waals surface area contributed by atoms with Crippen molar-refractivity contribution in [3.63, 3.8) is 0 Å². The molecule has 1 fully saturated rings. The van der Waals surface area contributed by atoms with Gasteiger partial charge in [-0.25, -0.2) is 0 Å². The van der Waals surface area contributed by atoms with E-state index in [1.807, 2.05) is 4.90 Å². The molecule has 1 saturated heterocycles. The van der Waals surface area contributed by atoms with Gasteiger partial charge in [-0.15, -0.1) is 0 Å². The third-order valence-corrected chi connectivity index (χ3v) is 4.85. The van der Waals surface area contributed by atoms with Gasteiger partial charge in [0.05, 0.1) is 0 Å².